The molecule has 2 aromatic rings. The van der Waals surface area contributed by atoms with Crippen molar-refractivity contribution in [2.24, 2.45) is 0 Å². The highest BCUT2D eigenvalue weighted by molar-refractivity contribution is 5.92. The van der Waals surface area contributed by atoms with Crippen molar-refractivity contribution in [3.63, 3.8) is 0 Å². The topological polar surface area (TPSA) is 106 Å². The Balaban J connectivity index is 1.74. The molecule has 1 amide bonds. The number of nitrogens with one attached hydrogen (secondary N) is 1. The molecule has 0 saturated carbocycles. The van der Waals surface area contributed by atoms with Gasteiger partial charge in [0.25, 0.3) is 11.5 Å². The van der Waals surface area contributed by atoms with Crippen molar-refractivity contribution in [1.29, 1.82) is 0 Å². The molecular formula is C16H22N6O3. The Labute approximate surface area is 145 Å². The normalized spacial score (nSPS) is 17.7. The van der Waals surface area contributed by atoms with E-state index in [1.54, 1.807) is 4.90 Å². The zero-order valence-corrected chi connectivity index (χ0v) is 14.4. The van der Waals surface area contributed by atoms with E-state index >= 15 is 0 Å². The molecule has 0 spiro atoms. The number of nitrogens with zero attached hydrogens (tertiary/aromatic N) is 5. The van der Waals surface area contributed by atoms with Gasteiger partial charge < -0.3 is 9.64 Å². The Morgan fingerprint density at radius 3 is 3.00 bits per heavy atom. The van der Waals surface area contributed by atoms with Crippen molar-refractivity contribution < 1.29 is 9.53 Å². The van der Waals surface area contributed by atoms with Crippen LogP contribution in [0.4, 0.5) is 0 Å². The van der Waals surface area contributed by atoms with E-state index in [2.05, 4.69) is 27.2 Å². The van der Waals surface area contributed by atoms with Crippen LogP contribution in [0.3, 0.4) is 0 Å². The van der Waals surface area contributed by atoms with Gasteiger partial charge in [0.15, 0.2) is 5.82 Å². The summed E-state index contributed by atoms with van der Waals surface area (Å²) in [6, 6.07) is 2.83. The molecular weight excluding hydrogens is 324 g/mol. The second kappa shape index (κ2) is 7.56. The smallest absolute Gasteiger partial charge is 0.274 e. The molecule has 2 aromatic heterocycles. The van der Waals surface area contributed by atoms with Crippen molar-refractivity contribution in [3.05, 3.63) is 39.8 Å². The Morgan fingerprint density at radius 1 is 1.40 bits per heavy atom. The minimum atomic E-state index is -0.364. The van der Waals surface area contributed by atoms with Crippen LogP contribution in [-0.2, 0) is 17.7 Å². The zero-order chi connectivity index (χ0) is 17.8. The number of hydrogen-bond acceptors (Lipinski definition) is 6. The fourth-order valence-electron chi connectivity index (χ4n) is 2.74. The minimum absolute atomic E-state index is 0.219. The summed E-state index contributed by atoms with van der Waals surface area (Å²) in [6.45, 7) is 5.53. The number of aryl methyl sites for hydroxylation is 2. The molecule has 134 valence electrons. The van der Waals surface area contributed by atoms with E-state index in [9.17, 15) is 9.59 Å². The lowest BCUT2D eigenvalue weighted by atomic mass is 10.2. The molecule has 1 N–H and O–H groups in total. The third-order valence-electron chi connectivity index (χ3n) is 4.06. The molecule has 0 aromatic carbocycles. The average molecular weight is 346 g/mol. The van der Waals surface area contributed by atoms with Gasteiger partial charge in [-0.3, -0.25) is 14.7 Å². The van der Waals surface area contributed by atoms with Crippen LogP contribution in [0, 0.1) is 0 Å². The van der Waals surface area contributed by atoms with E-state index in [4.69, 9.17) is 4.74 Å². The minimum Gasteiger partial charge on any atom is -0.366 e. The van der Waals surface area contributed by atoms with E-state index < -0.39 is 0 Å². The predicted octanol–water partition coefficient (Wildman–Crippen LogP) is 0.547. The molecule has 0 unspecified atom stereocenters. The van der Waals surface area contributed by atoms with Crippen LogP contribution < -0.4 is 5.56 Å². The van der Waals surface area contributed by atoms with E-state index in [1.165, 1.54) is 16.8 Å². The number of aromatic amines is 1. The number of rotatable bonds is 5. The fraction of sp³-hybridized carbons (Fsp3) is 0.562. The van der Waals surface area contributed by atoms with Crippen LogP contribution in [0.25, 0.3) is 0 Å². The largest absolute Gasteiger partial charge is 0.366 e. The van der Waals surface area contributed by atoms with Crippen LogP contribution in [0.2, 0.25) is 0 Å². The van der Waals surface area contributed by atoms with E-state index in [0.717, 1.165) is 18.7 Å². The second-order valence-electron chi connectivity index (χ2n) is 5.87. The molecule has 1 aliphatic heterocycles. The summed E-state index contributed by atoms with van der Waals surface area (Å²) in [5, 5.41) is 11.2. The maximum atomic E-state index is 12.7. The number of morpholine rings is 1. The summed E-state index contributed by atoms with van der Waals surface area (Å²) in [5.41, 5.74) is 0.0341. The van der Waals surface area contributed by atoms with Crippen LogP contribution in [-0.4, -0.2) is 55.5 Å². The number of carbonyl (C=O) groups is 1. The van der Waals surface area contributed by atoms with Crippen LogP contribution in [0.5, 0.6) is 0 Å². The lowest BCUT2D eigenvalue weighted by Crippen LogP contribution is -2.43. The van der Waals surface area contributed by atoms with Crippen molar-refractivity contribution in [2.75, 3.05) is 19.7 Å². The van der Waals surface area contributed by atoms with Gasteiger partial charge in [0.1, 0.15) is 17.6 Å². The van der Waals surface area contributed by atoms with Crippen molar-refractivity contribution in [1.82, 2.24) is 29.9 Å². The molecule has 1 atom stereocenters. The number of ether oxygens (including phenoxy) is 1. The Kier molecular flexibility index (Phi) is 5.22. The highest BCUT2D eigenvalue weighted by atomic mass is 16.5. The summed E-state index contributed by atoms with van der Waals surface area (Å²) >= 11 is 0. The molecule has 1 saturated heterocycles. The standard InChI is InChI=1S/C16H22N6O3/c1-3-5-13-17-15(19-18-13)12-10-21(8-9-25-12)16(24)11-6-7-14(23)22(4-2)20-11/h6-7,12H,3-5,8-10H2,1-2H3,(H,17,18,19)/t12-/m1/s1. The summed E-state index contributed by atoms with van der Waals surface area (Å²) in [4.78, 5) is 30.4. The highest BCUT2D eigenvalue weighted by Crippen LogP contribution is 2.20. The molecule has 0 aliphatic carbocycles. The average Bonchev–Trinajstić information content (AvgIpc) is 3.11. The van der Waals surface area contributed by atoms with Crippen LogP contribution in [0.1, 0.15) is 48.5 Å². The molecule has 1 fully saturated rings. The summed E-state index contributed by atoms with van der Waals surface area (Å²) in [7, 11) is 0. The molecule has 0 radical (unpaired) electrons. The van der Waals surface area contributed by atoms with E-state index in [0.29, 0.717) is 32.1 Å². The van der Waals surface area contributed by atoms with Gasteiger partial charge in [-0.2, -0.15) is 10.2 Å². The Hall–Kier alpha value is -2.55. The van der Waals surface area contributed by atoms with Gasteiger partial charge >= 0.3 is 0 Å². The zero-order valence-electron chi connectivity index (χ0n) is 14.4. The summed E-state index contributed by atoms with van der Waals surface area (Å²) in [5.74, 6) is 1.16. The highest BCUT2D eigenvalue weighted by Gasteiger charge is 2.29. The van der Waals surface area contributed by atoms with Gasteiger partial charge in [0.2, 0.25) is 0 Å². The monoisotopic (exact) mass is 346 g/mol. The van der Waals surface area contributed by atoms with Gasteiger partial charge in [-0.15, -0.1) is 0 Å². The first-order valence-corrected chi connectivity index (χ1v) is 8.52. The first-order valence-electron chi connectivity index (χ1n) is 8.52. The third-order valence-corrected chi connectivity index (χ3v) is 4.06. The van der Waals surface area contributed by atoms with Gasteiger partial charge in [-0.05, 0) is 19.4 Å². The quantitative estimate of drug-likeness (QED) is 0.847. The molecule has 1 aliphatic rings. The van der Waals surface area contributed by atoms with Crippen LogP contribution in [0.15, 0.2) is 16.9 Å². The van der Waals surface area contributed by atoms with Crippen LogP contribution >= 0.6 is 0 Å². The lowest BCUT2D eigenvalue weighted by Gasteiger charge is -2.31. The number of amides is 1. The second-order valence-corrected chi connectivity index (χ2v) is 5.87. The Bertz CT molecular complexity index is 799. The van der Waals surface area contributed by atoms with Gasteiger partial charge in [-0.1, -0.05) is 6.92 Å². The number of aromatic nitrogens is 5. The number of H-pyrrole nitrogens is 1. The Morgan fingerprint density at radius 2 is 2.24 bits per heavy atom. The number of hydrogen-bond donors (Lipinski definition) is 1. The number of carbonyl (C=O) groups excluding carboxylic acids is 1. The van der Waals surface area contributed by atoms with Crippen molar-refractivity contribution in [2.45, 2.75) is 39.3 Å². The van der Waals surface area contributed by atoms with Gasteiger partial charge in [0, 0.05) is 25.6 Å². The predicted molar refractivity (Wildman–Crippen MR) is 89.1 cm³/mol. The lowest BCUT2D eigenvalue weighted by molar-refractivity contribution is -0.0269. The molecule has 25 heavy (non-hydrogen) atoms. The first-order chi connectivity index (χ1) is 12.1. The maximum absolute atomic E-state index is 12.7. The first kappa shape index (κ1) is 17.3. The summed E-state index contributed by atoms with van der Waals surface area (Å²) in [6.07, 6.45) is 1.44. The third kappa shape index (κ3) is 3.76. The van der Waals surface area contributed by atoms with Gasteiger partial charge in [0.05, 0.1) is 13.2 Å². The van der Waals surface area contributed by atoms with Gasteiger partial charge in [-0.25, -0.2) is 9.67 Å². The maximum Gasteiger partial charge on any atom is 0.274 e. The van der Waals surface area contributed by atoms with Crippen molar-refractivity contribution >= 4 is 5.91 Å². The summed E-state index contributed by atoms with van der Waals surface area (Å²) < 4.78 is 7.00. The molecule has 0 bridgehead atoms. The molecule has 3 heterocycles. The SMILES string of the molecule is CCCc1nc([C@H]2CN(C(=O)c3ccc(=O)n(CC)n3)CCO2)n[nH]1. The fourth-order valence-corrected chi connectivity index (χ4v) is 2.74. The molecule has 3 rings (SSSR count). The molecule has 9 heteroatoms. The molecule has 9 nitrogen and oxygen atoms in total. The van der Waals surface area contributed by atoms with E-state index in [-0.39, 0.29) is 23.3 Å². The van der Waals surface area contributed by atoms with E-state index in [1.807, 2.05) is 6.92 Å². The van der Waals surface area contributed by atoms with Crippen molar-refractivity contribution in [3.8, 4) is 0 Å².